The Morgan fingerprint density at radius 2 is 2.29 bits per heavy atom. The van der Waals surface area contributed by atoms with Crippen molar-refractivity contribution in [2.24, 2.45) is 0 Å². The lowest BCUT2D eigenvalue weighted by Crippen LogP contribution is -2.06. The van der Waals surface area contributed by atoms with E-state index in [1.165, 1.54) is 6.33 Å². The summed E-state index contributed by atoms with van der Waals surface area (Å²) >= 11 is 3.88. The van der Waals surface area contributed by atoms with Gasteiger partial charge in [0.05, 0.1) is 17.2 Å². The van der Waals surface area contributed by atoms with E-state index < -0.39 is 0 Å². The molecule has 5 heteroatoms. The Labute approximate surface area is 98.5 Å². The summed E-state index contributed by atoms with van der Waals surface area (Å²) < 4.78 is 1.13. The Kier molecular flexibility index (Phi) is 2.78. The number of nitrogens with zero attached hydrogens (tertiary/aromatic N) is 1. The van der Waals surface area contributed by atoms with Gasteiger partial charge in [0.15, 0.2) is 0 Å². The van der Waals surface area contributed by atoms with Crippen molar-refractivity contribution in [1.29, 1.82) is 0 Å². The average Bonchev–Trinajstić information content (AvgIpc) is 2.17. The molecule has 1 heterocycles. The van der Waals surface area contributed by atoms with E-state index in [-0.39, 0.29) is 5.56 Å². The van der Waals surface area contributed by atoms with Crippen LogP contribution in [0, 0.1) is 3.57 Å². The van der Waals surface area contributed by atoms with Crippen LogP contribution in [0.5, 0.6) is 0 Å². The first-order valence-corrected chi connectivity index (χ1v) is 6.23. The lowest BCUT2D eigenvalue weighted by Gasteiger charge is -2.02. The van der Waals surface area contributed by atoms with Crippen LogP contribution in [0.1, 0.15) is 0 Å². The maximum absolute atomic E-state index is 11.5. The summed E-state index contributed by atoms with van der Waals surface area (Å²) in [5, 5.41) is 0.650. The van der Waals surface area contributed by atoms with E-state index in [0.29, 0.717) is 5.39 Å². The molecule has 0 unspecified atom stereocenters. The fraction of sp³-hybridized carbons (Fsp3) is 0.111. The molecule has 1 aromatic carbocycles. The maximum Gasteiger partial charge on any atom is 0.258 e. The van der Waals surface area contributed by atoms with E-state index in [1.807, 2.05) is 18.4 Å². The molecule has 0 aliphatic heterocycles. The average molecular weight is 318 g/mol. The van der Waals surface area contributed by atoms with Gasteiger partial charge in [0, 0.05) is 8.47 Å². The van der Waals surface area contributed by atoms with E-state index in [1.54, 1.807) is 11.8 Å². The molecule has 3 nitrogen and oxygen atoms in total. The van der Waals surface area contributed by atoms with E-state index in [4.69, 9.17) is 0 Å². The fourth-order valence-corrected chi connectivity index (χ4v) is 2.83. The largest absolute Gasteiger partial charge is 0.313 e. The van der Waals surface area contributed by atoms with E-state index in [2.05, 4.69) is 32.6 Å². The van der Waals surface area contributed by atoms with Gasteiger partial charge in [-0.05, 0) is 41.0 Å². The first-order chi connectivity index (χ1) is 6.72. The third-order valence-electron chi connectivity index (χ3n) is 1.91. The van der Waals surface area contributed by atoms with Crippen LogP contribution in [0.15, 0.2) is 28.2 Å². The number of nitrogens with one attached hydrogen (secondary N) is 1. The molecule has 0 atom stereocenters. The molecule has 2 rings (SSSR count). The van der Waals surface area contributed by atoms with Crippen molar-refractivity contribution >= 4 is 45.3 Å². The van der Waals surface area contributed by atoms with Gasteiger partial charge >= 0.3 is 0 Å². The highest BCUT2D eigenvalue weighted by Crippen LogP contribution is 2.25. The van der Waals surface area contributed by atoms with Gasteiger partial charge in [0.2, 0.25) is 0 Å². The van der Waals surface area contributed by atoms with Crippen LogP contribution in [0.25, 0.3) is 10.9 Å². The molecule has 0 aliphatic carbocycles. The molecule has 0 fully saturated rings. The third-order valence-corrected chi connectivity index (χ3v) is 3.95. The molecule has 1 aromatic heterocycles. The number of fused-ring (bicyclic) bond motifs is 1. The second-order valence-electron chi connectivity index (χ2n) is 2.74. The SMILES string of the molecule is CSc1cc2c(=O)[nH]cnc2cc1I. The molecule has 0 amide bonds. The zero-order valence-electron chi connectivity index (χ0n) is 7.37. The lowest BCUT2D eigenvalue weighted by atomic mass is 10.2. The molecule has 0 saturated heterocycles. The van der Waals surface area contributed by atoms with Crippen LogP contribution in [-0.2, 0) is 0 Å². The Bertz CT molecular complexity index is 538. The van der Waals surface area contributed by atoms with Gasteiger partial charge in [-0.25, -0.2) is 4.98 Å². The number of rotatable bonds is 1. The van der Waals surface area contributed by atoms with Crippen molar-refractivity contribution in [3.8, 4) is 0 Å². The topological polar surface area (TPSA) is 45.8 Å². The number of hydrogen-bond donors (Lipinski definition) is 1. The van der Waals surface area contributed by atoms with Gasteiger partial charge < -0.3 is 4.98 Å². The van der Waals surface area contributed by atoms with Crippen LogP contribution in [-0.4, -0.2) is 16.2 Å². The quantitative estimate of drug-likeness (QED) is 0.648. The molecule has 1 N–H and O–H groups in total. The van der Waals surface area contributed by atoms with Crippen molar-refractivity contribution in [2.75, 3.05) is 6.26 Å². The highest BCUT2D eigenvalue weighted by molar-refractivity contribution is 14.1. The second-order valence-corrected chi connectivity index (χ2v) is 4.75. The Morgan fingerprint density at radius 3 is 3.00 bits per heavy atom. The summed E-state index contributed by atoms with van der Waals surface area (Å²) in [6.45, 7) is 0. The Balaban J connectivity index is 2.87. The predicted octanol–water partition coefficient (Wildman–Crippen LogP) is 2.25. The van der Waals surface area contributed by atoms with Gasteiger partial charge in [-0.1, -0.05) is 0 Å². The number of halogens is 1. The maximum atomic E-state index is 11.5. The number of hydrogen-bond acceptors (Lipinski definition) is 3. The number of thioether (sulfide) groups is 1. The summed E-state index contributed by atoms with van der Waals surface area (Å²) in [6, 6.07) is 3.81. The monoisotopic (exact) mass is 318 g/mol. The van der Waals surface area contributed by atoms with Crippen LogP contribution in [0.3, 0.4) is 0 Å². The van der Waals surface area contributed by atoms with Crippen LogP contribution < -0.4 is 5.56 Å². The Hall–Kier alpha value is -0.560. The fourth-order valence-electron chi connectivity index (χ4n) is 1.23. The van der Waals surface area contributed by atoms with E-state index in [0.717, 1.165) is 14.0 Å². The highest BCUT2D eigenvalue weighted by atomic mass is 127. The van der Waals surface area contributed by atoms with Crippen molar-refractivity contribution in [3.63, 3.8) is 0 Å². The normalized spacial score (nSPS) is 10.7. The number of H-pyrrole nitrogens is 1. The molecular weight excluding hydrogens is 311 g/mol. The van der Waals surface area contributed by atoms with Crippen molar-refractivity contribution in [3.05, 3.63) is 32.4 Å². The van der Waals surface area contributed by atoms with Crippen molar-refractivity contribution in [1.82, 2.24) is 9.97 Å². The molecule has 0 radical (unpaired) electrons. The van der Waals surface area contributed by atoms with Gasteiger partial charge in [-0.15, -0.1) is 11.8 Å². The van der Waals surface area contributed by atoms with Gasteiger partial charge in [0.25, 0.3) is 5.56 Å². The first kappa shape index (κ1) is 9.97. The van der Waals surface area contributed by atoms with Crippen molar-refractivity contribution < 1.29 is 0 Å². The molecule has 0 saturated carbocycles. The van der Waals surface area contributed by atoms with Crippen LogP contribution >= 0.6 is 34.4 Å². The van der Waals surface area contributed by atoms with Gasteiger partial charge in [-0.3, -0.25) is 4.79 Å². The minimum absolute atomic E-state index is 0.0818. The standard InChI is InChI=1S/C9H7IN2OS/c1-14-8-2-5-7(3-6(8)10)11-4-12-9(5)13/h2-4H,1H3,(H,11,12,13). The number of benzene rings is 1. The molecule has 2 aromatic rings. The second kappa shape index (κ2) is 3.90. The highest BCUT2D eigenvalue weighted by Gasteiger charge is 2.04. The number of aromatic nitrogens is 2. The van der Waals surface area contributed by atoms with Gasteiger partial charge in [0.1, 0.15) is 0 Å². The van der Waals surface area contributed by atoms with E-state index >= 15 is 0 Å². The molecular formula is C9H7IN2OS. The molecule has 0 aliphatic rings. The van der Waals surface area contributed by atoms with Crippen LogP contribution in [0.4, 0.5) is 0 Å². The summed E-state index contributed by atoms with van der Waals surface area (Å²) in [7, 11) is 0. The van der Waals surface area contributed by atoms with E-state index in [9.17, 15) is 4.79 Å². The zero-order valence-corrected chi connectivity index (χ0v) is 10.3. The zero-order chi connectivity index (χ0) is 10.1. The molecule has 0 spiro atoms. The lowest BCUT2D eigenvalue weighted by molar-refractivity contribution is 1.16. The predicted molar refractivity (Wildman–Crippen MR) is 66.9 cm³/mol. The minimum Gasteiger partial charge on any atom is -0.313 e. The summed E-state index contributed by atoms with van der Waals surface area (Å²) in [4.78, 5) is 19.2. The minimum atomic E-state index is -0.0818. The summed E-state index contributed by atoms with van der Waals surface area (Å²) in [5.41, 5.74) is 0.664. The molecule has 14 heavy (non-hydrogen) atoms. The van der Waals surface area contributed by atoms with Crippen molar-refractivity contribution in [2.45, 2.75) is 4.90 Å². The molecule has 0 bridgehead atoms. The first-order valence-electron chi connectivity index (χ1n) is 3.93. The Morgan fingerprint density at radius 1 is 1.50 bits per heavy atom. The number of aromatic amines is 1. The summed E-state index contributed by atoms with van der Waals surface area (Å²) in [6.07, 6.45) is 3.42. The smallest absolute Gasteiger partial charge is 0.258 e. The van der Waals surface area contributed by atoms with Gasteiger partial charge in [-0.2, -0.15) is 0 Å². The molecule has 72 valence electrons. The van der Waals surface area contributed by atoms with Crippen LogP contribution in [0.2, 0.25) is 0 Å². The third kappa shape index (κ3) is 1.66. The summed E-state index contributed by atoms with van der Waals surface area (Å²) in [5.74, 6) is 0.